The van der Waals surface area contributed by atoms with Gasteiger partial charge in [0.05, 0.1) is 17.5 Å². The number of esters is 1. The number of carbonyl (C=O) groups is 1. The molecule has 0 bridgehead atoms. The molecule has 5 heteroatoms. The highest BCUT2D eigenvalue weighted by Crippen LogP contribution is 2.28. The van der Waals surface area contributed by atoms with Gasteiger partial charge in [-0.15, -0.1) is 0 Å². The zero-order valence-corrected chi connectivity index (χ0v) is 10.9. The van der Waals surface area contributed by atoms with Crippen molar-refractivity contribution >= 4 is 23.3 Å². The largest absolute Gasteiger partial charge is 0.491 e. The Hall–Kier alpha value is -1.42. The second-order valence-corrected chi connectivity index (χ2v) is 4.76. The van der Waals surface area contributed by atoms with Gasteiger partial charge >= 0.3 is 5.97 Å². The minimum Gasteiger partial charge on any atom is -0.491 e. The molecule has 0 aromatic heterocycles. The molecule has 0 spiro atoms. The zero-order chi connectivity index (χ0) is 13.1. The van der Waals surface area contributed by atoms with E-state index in [0.29, 0.717) is 16.5 Å². The standard InChI is InChI=1S/C12H16ClNO3/c1-12(2,11(15)16-3)7-17-10-5-4-8(14)6-9(10)13/h4-6H,7,14H2,1-3H3. The molecule has 0 saturated heterocycles. The second kappa shape index (κ2) is 5.27. The van der Waals surface area contributed by atoms with Crippen LogP contribution in [0.3, 0.4) is 0 Å². The average molecular weight is 258 g/mol. The first-order chi connectivity index (χ1) is 7.86. The van der Waals surface area contributed by atoms with E-state index in [1.807, 2.05) is 0 Å². The molecule has 0 atom stereocenters. The Morgan fingerprint density at radius 3 is 2.65 bits per heavy atom. The molecule has 0 heterocycles. The lowest BCUT2D eigenvalue weighted by molar-refractivity contribution is -0.152. The molecule has 0 fully saturated rings. The molecule has 1 aromatic rings. The lowest BCUT2D eigenvalue weighted by Gasteiger charge is -2.22. The van der Waals surface area contributed by atoms with Gasteiger partial charge in [0.1, 0.15) is 12.4 Å². The maximum absolute atomic E-state index is 11.4. The first-order valence-electron chi connectivity index (χ1n) is 5.13. The van der Waals surface area contributed by atoms with Crippen molar-refractivity contribution < 1.29 is 14.3 Å². The van der Waals surface area contributed by atoms with Gasteiger partial charge in [-0.05, 0) is 32.0 Å². The summed E-state index contributed by atoms with van der Waals surface area (Å²) in [6.07, 6.45) is 0. The van der Waals surface area contributed by atoms with E-state index < -0.39 is 5.41 Å². The van der Waals surface area contributed by atoms with Gasteiger partial charge in [-0.3, -0.25) is 4.79 Å². The molecule has 0 amide bonds. The Labute approximate surface area is 106 Å². The van der Waals surface area contributed by atoms with Crippen LogP contribution in [0.5, 0.6) is 5.75 Å². The topological polar surface area (TPSA) is 61.5 Å². The maximum Gasteiger partial charge on any atom is 0.314 e. The van der Waals surface area contributed by atoms with Gasteiger partial charge in [0.25, 0.3) is 0 Å². The predicted octanol–water partition coefficient (Wildman–Crippen LogP) is 2.50. The molecule has 0 aliphatic rings. The number of hydrogen-bond donors (Lipinski definition) is 1. The molecule has 0 aliphatic carbocycles. The number of benzene rings is 1. The number of anilines is 1. The van der Waals surface area contributed by atoms with Crippen LogP contribution in [0.25, 0.3) is 0 Å². The highest BCUT2D eigenvalue weighted by molar-refractivity contribution is 6.32. The van der Waals surface area contributed by atoms with E-state index in [4.69, 9.17) is 22.1 Å². The number of hydrogen-bond acceptors (Lipinski definition) is 4. The van der Waals surface area contributed by atoms with Crippen LogP contribution in [-0.2, 0) is 9.53 Å². The molecule has 1 rings (SSSR count). The quantitative estimate of drug-likeness (QED) is 0.665. The minimum absolute atomic E-state index is 0.184. The molecule has 0 unspecified atom stereocenters. The lowest BCUT2D eigenvalue weighted by atomic mass is 9.95. The van der Waals surface area contributed by atoms with Crippen LogP contribution in [0.2, 0.25) is 5.02 Å². The van der Waals surface area contributed by atoms with E-state index >= 15 is 0 Å². The fraction of sp³-hybridized carbons (Fsp3) is 0.417. The summed E-state index contributed by atoms with van der Waals surface area (Å²) in [5.41, 5.74) is 5.41. The van der Waals surface area contributed by atoms with E-state index in [1.165, 1.54) is 7.11 Å². The molecule has 4 nitrogen and oxygen atoms in total. The summed E-state index contributed by atoms with van der Waals surface area (Å²) in [6, 6.07) is 4.96. The van der Waals surface area contributed by atoms with Crippen molar-refractivity contribution in [3.8, 4) is 5.75 Å². The van der Waals surface area contributed by atoms with E-state index in [-0.39, 0.29) is 12.6 Å². The highest BCUT2D eigenvalue weighted by atomic mass is 35.5. The molecule has 0 aliphatic heterocycles. The number of rotatable bonds is 4. The summed E-state index contributed by atoms with van der Waals surface area (Å²) in [5, 5.41) is 0.422. The van der Waals surface area contributed by atoms with Crippen LogP contribution < -0.4 is 10.5 Å². The average Bonchev–Trinajstić information content (AvgIpc) is 2.26. The van der Waals surface area contributed by atoms with Crippen molar-refractivity contribution in [3.05, 3.63) is 23.2 Å². The summed E-state index contributed by atoms with van der Waals surface area (Å²) in [7, 11) is 1.35. The van der Waals surface area contributed by atoms with Crippen molar-refractivity contribution in [1.29, 1.82) is 0 Å². The summed E-state index contributed by atoms with van der Waals surface area (Å²) in [4.78, 5) is 11.4. The molecular formula is C12H16ClNO3. The number of halogens is 1. The van der Waals surface area contributed by atoms with Gasteiger partial charge < -0.3 is 15.2 Å². The van der Waals surface area contributed by atoms with Crippen LogP contribution in [0.1, 0.15) is 13.8 Å². The number of nitrogen functional groups attached to an aromatic ring is 1. The maximum atomic E-state index is 11.4. The first-order valence-corrected chi connectivity index (χ1v) is 5.51. The highest BCUT2D eigenvalue weighted by Gasteiger charge is 2.29. The third kappa shape index (κ3) is 3.53. The monoisotopic (exact) mass is 257 g/mol. The lowest BCUT2D eigenvalue weighted by Crippen LogP contribution is -2.32. The smallest absolute Gasteiger partial charge is 0.314 e. The van der Waals surface area contributed by atoms with E-state index in [0.717, 1.165) is 0 Å². The van der Waals surface area contributed by atoms with Gasteiger partial charge in [-0.1, -0.05) is 11.6 Å². The van der Waals surface area contributed by atoms with Gasteiger partial charge in [0.2, 0.25) is 0 Å². The van der Waals surface area contributed by atoms with Crippen LogP contribution in [0.4, 0.5) is 5.69 Å². The first kappa shape index (κ1) is 13.6. The Balaban J connectivity index is 2.70. The van der Waals surface area contributed by atoms with Crippen molar-refractivity contribution in [2.24, 2.45) is 5.41 Å². The van der Waals surface area contributed by atoms with E-state index in [2.05, 4.69) is 4.74 Å². The Bertz CT molecular complexity index is 418. The van der Waals surface area contributed by atoms with Crippen molar-refractivity contribution in [3.63, 3.8) is 0 Å². The van der Waals surface area contributed by atoms with Gasteiger partial charge in [-0.2, -0.15) is 0 Å². The van der Waals surface area contributed by atoms with Crippen LogP contribution in [-0.4, -0.2) is 19.7 Å². The van der Waals surface area contributed by atoms with Gasteiger partial charge in [0, 0.05) is 5.69 Å². The Kier molecular flexibility index (Phi) is 4.23. The Morgan fingerprint density at radius 2 is 2.12 bits per heavy atom. The second-order valence-electron chi connectivity index (χ2n) is 4.35. The van der Waals surface area contributed by atoms with Crippen molar-refractivity contribution in [2.75, 3.05) is 19.5 Å². The van der Waals surface area contributed by atoms with Crippen molar-refractivity contribution in [1.82, 2.24) is 0 Å². The van der Waals surface area contributed by atoms with E-state index in [1.54, 1.807) is 32.0 Å². The number of methoxy groups -OCH3 is 1. The number of carbonyl (C=O) groups excluding carboxylic acids is 1. The SMILES string of the molecule is COC(=O)C(C)(C)COc1ccc(N)cc1Cl. The molecule has 0 radical (unpaired) electrons. The molecule has 1 aromatic carbocycles. The third-order valence-corrected chi connectivity index (χ3v) is 2.58. The number of ether oxygens (including phenoxy) is 2. The van der Waals surface area contributed by atoms with Crippen LogP contribution in [0.15, 0.2) is 18.2 Å². The molecule has 94 valence electrons. The predicted molar refractivity (Wildman–Crippen MR) is 67.2 cm³/mol. The van der Waals surface area contributed by atoms with E-state index in [9.17, 15) is 4.79 Å². The molecule has 2 N–H and O–H groups in total. The van der Waals surface area contributed by atoms with Crippen molar-refractivity contribution in [2.45, 2.75) is 13.8 Å². The molecular weight excluding hydrogens is 242 g/mol. The van der Waals surface area contributed by atoms with Gasteiger partial charge in [-0.25, -0.2) is 0 Å². The molecule has 17 heavy (non-hydrogen) atoms. The summed E-state index contributed by atoms with van der Waals surface area (Å²) < 4.78 is 10.2. The third-order valence-electron chi connectivity index (χ3n) is 2.28. The zero-order valence-electron chi connectivity index (χ0n) is 10.1. The Morgan fingerprint density at radius 1 is 1.47 bits per heavy atom. The summed E-state index contributed by atoms with van der Waals surface area (Å²) >= 11 is 5.95. The normalized spacial score (nSPS) is 11.1. The fourth-order valence-corrected chi connectivity index (χ4v) is 1.47. The molecule has 0 saturated carbocycles. The summed E-state index contributed by atoms with van der Waals surface area (Å²) in [6.45, 7) is 3.66. The number of nitrogens with two attached hydrogens (primary N) is 1. The van der Waals surface area contributed by atoms with Gasteiger partial charge in [0.15, 0.2) is 0 Å². The van der Waals surface area contributed by atoms with Crippen LogP contribution in [0, 0.1) is 5.41 Å². The minimum atomic E-state index is -0.723. The van der Waals surface area contributed by atoms with Crippen LogP contribution >= 0.6 is 11.6 Å². The fourth-order valence-electron chi connectivity index (χ4n) is 1.23. The summed E-state index contributed by atoms with van der Waals surface area (Å²) in [5.74, 6) is 0.168.